The number of benzene rings is 1. The number of aromatic nitrogens is 3. The Morgan fingerprint density at radius 3 is 2.80 bits per heavy atom. The van der Waals surface area contributed by atoms with Crippen LogP contribution in [0.1, 0.15) is 16.8 Å². The first-order chi connectivity index (χ1) is 9.63. The van der Waals surface area contributed by atoms with E-state index in [9.17, 15) is 4.21 Å². The van der Waals surface area contributed by atoms with Gasteiger partial charge >= 0.3 is 0 Å². The maximum atomic E-state index is 12.4. The van der Waals surface area contributed by atoms with E-state index in [1.165, 1.54) is 0 Å². The van der Waals surface area contributed by atoms with Crippen molar-refractivity contribution in [1.29, 1.82) is 0 Å². The van der Waals surface area contributed by atoms with Crippen LogP contribution in [0.25, 0.3) is 11.0 Å². The van der Waals surface area contributed by atoms with Gasteiger partial charge in [-0.2, -0.15) is 0 Å². The molecule has 2 aromatic heterocycles. The molecule has 0 spiro atoms. The second-order valence-electron chi connectivity index (χ2n) is 4.83. The van der Waals surface area contributed by atoms with Crippen LogP contribution in [0.5, 0.6) is 0 Å². The van der Waals surface area contributed by atoms with Crippen LogP contribution in [0.2, 0.25) is 0 Å². The normalized spacial score (nSPS) is 12.7. The Bertz CT molecular complexity index is 762. The summed E-state index contributed by atoms with van der Waals surface area (Å²) >= 11 is 0. The standard InChI is InChI=1S/C15H15N3OS/c1-10-7-11(2)14(16-8-10)9-20(19)15-17-12-5-3-4-6-13(12)18-15/h3-8H,9H2,1-2H3,(H,17,18). The quantitative estimate of drug-likeness (QED) is 0.805. The van der Waals surface area contributed by atoms with Crippen molar-refractivity contribution in [2.45, 2.75) is 24.8 Å². The molecule has 5 heteroatoms. The highest BCUT2D eigenvalue weighted by atomic mass is 32.2. The molecule has 4 nitrogen and oxygen atoms in total. The molecule has 0 fully saturated rings. The fourth-order valence-corrected chi connectivity index (χ4v) is 3.24. The van der Waals surface area contributed by atoms with Crippen LogP contribution in [0.4, 0.5) is 0 Å². The zero-order valence-corrected chi connectivity index (χ0v) is 12.2. The monoisotopic (exact) mass is 285 g/mol. The van der Waals surface area contributed by atoms with Crippen LogP contribution in [-0.2, 0) is 16.6 Å². The number of hydrogen-bond acceptors (Lipinski definition) is 3. The van der Waals surface area contributed by atoms with Crippen molar-refractivity contribution >= 4 is 21.8 Å². The van der Waals surface area contributed by atoms with Gasteiger partial charge in [0.25, 0.3) is 0 Å². The molecular formula is C15H15N3OS. The molecule has 20 heavy (non-hydrogen) atoms. The van der Waals surface area contributed by atoms with E-state index in [0.717, 1.165) is 27.9 Å². The molecule has 1 aromatic carbocycles. The van der Waals surface area contributed by atoms with E-state index in [4.69, 9.17) is 0 Å². The Hall–Kier alpha value is -2.01. The number of imidazole rings is 1. The summed E-state index contributed by atoms with van der Waals surface area (Å²) in [4.78, 5) is 11.8. The number of hydrogen-bond donors (Lipinski definition) is 1. The molecule has 0 radical (unpaired) electrons. The smallest absolute Gasteiger partial charge is 0.197 e. The van der Waals surface area contributed by atoms with E-state index in [-0.39, 0.29) is 0 Å². The van der Waals surface area contributed by atoms with E-state index >= 15 is 0 Å². The number of rotatable bonds is 3. The van der Waals surface area contributed by atoms with Crippen LogP contribution in [0.15, 0.2) is 41.7 Å². The van der Waals surface area contributed by atoms with E-state index in [0.29, 0.717) is 10.9 Å². The first-order valence-corrected chi connectivity index (χ1v) is 7.70. The second kappa shape index (κ2) is 5.17. The molecule has 2 heterocycles. The lowest BCUT2D eigenvalue weighted by atomic mass is 10.2. The first kappa shape index (κ1) is 13.0. The Kier molecular flexibility index (Phi) is 3.36. The van der Waals surface area contributed by atoms with E-state index in [1.54, 1.807) is 6.20 Å². The molecule has 0 aliphatic rings. The first-order valence-electron chi connectivity index (χ1n) is 6.39. The molecule has 1 N–H and O–H groups in total. The summed E-state index contributed by atoms with van der Waals surface area (Å²) in [6.45, 7) is 3.99. The molecule has 3 rings (SSSR count). The van der Waals surface area contributed by atoms with Crippen molar-refractivity contribution in [2.75, 3.05) is 0 Å². The topological polar surface area (TPSA) is 58.6 Å². The van der Waals surface area contributed by atoms with Gasteiger partial charge in [0.05, 0.1) is 33.3 Å². The molecule has 0 bridgehead atoms. The molecular weight excluding hydrogens is 270 g/mol. The lowest BCUT2D eigenvalue weighted by Crippen LogP contribution is -2.03. The van der Waals surface area contributed by atoms with Crippen LogP contribution >= 0.6 is 0 Å². The molecule has 0 aliphatic carbocycles. The predicted octanol–water partition coefficient (Wildman–Crippen LogP) is 2.88. The maximum absolute atomic E-state index is 12.4. The third kappa shape index (κ3) is 2.49. The lowest BCUT2D eigenvalue weighted by molar-refractivity contribution is 0.676. The summed E-state index contributed by atoms with van der Waals surface area (Å²) < 4.78 is 12.4. The summed E-state index contributed by atoms with van der Waals surface area (Å²) in [5.74, 6) is 0.381. The summed E-state index contributed by atoms with van der Waals surface area (Å²) in [5, 5.41) is 0.507. The molecule has 1 unspecified atom stereocenters. The molecule has 0 amide bonds. The van der Waals surface area contributed by atoms with Gasteiger partial charge in [-0.15, -0.1) is 0 Å². The third-order valence-electron chi connectivity index (χ3n) is 3.17. The van der Waals surface area contributed by atoms with E-state index in [2.05, 4.69) is 21.0 Å². The number of fused-ring (bicyclic) bond motifs is 1. The van der Waals surface area contributed by atoms with Gasteiger partial charge in [-0.3, -0.25) is 9.19 Å². The largest absolute Gasteiger partial charge is 0.331 e. The number of aromatic amines is 1. The minimum atomic E-state index is -1.21. The highest BCUT2D eigenvalue weighted by Crippen LogP contribution is 2.16. The average Bonchev–Trinajstić information content (AvgIpc) is 2.86. The Morgan fingerprint density at radius 1 is 1.25 bits per heavy atom. The Labute approximate surface area is 119 Å². The second-order valence-corrected chi connectivity index (χ2v) is 6.19. The Balaban J connectivity index is 1.89. The summed E-state index contributed by atoms with van der Waals surface area (Å²) in [6.07, 6.45) is 1.80. The van der Waals surface area contributed by atoms with Gasteiger partial charge < -0.3 is 4.98 Å². The van der Waals surface area contributed by atoms with Crippen molar-refractivity contribution in [2.24, 2.45) is 0 Å². The van der Waals surface area contributed by atoms with Gasteiger partial charge in [-0.1, -0.05) is 18.2 Å². The third-order valence-corrected chi connectivity index (χ3v) is 4.33. The highest BCUT2D eigenvalue weighted by molar-refractivity contribution is 7.84. The van der Waals surface area contributed by atoms with Gasteiger partial charge in [-0.25, -0.2) is 4.98 Å². The number of H-pyrrole nitrogens is 1. The van der Waals surface area contributed by atoms with Crippen molar-refractivity contribution in [3.8, 4) is 0 Å². The number of nitrogens with one attached hydrogen (secondary N) is 1. The van der Waals surface area contributed by atoms with Gasteiger partial charge in [0.15, 0.2) is 5.16 Å². The molecule has 1 atom stereocenters. The van der Waals surface area contributed by atoms with Crippen molar-refractivity contribution < 1.29 is 4.21 Å². The summed E-state index contributed by atoms with van der Waals surface area (Å²) in [6, 6.07) is 9.74. The van der Waals surface area contributed by atoms with E-state index < -0.39 is 10.8 Å². The predicted molar refractivity (Wildman–Crippen MR) is 79.9 cm³/mol. The summed E-state index contributed by atoms with van der Waals surface area (Å²) in [5.41, 5.74) is 4.78. The molecule has 3 aromatic rings. The lowest BCUT2D eigenvalue weighted by Gasteiger charge is -2.04. The molecule has 0 saturated carbocycles. The SMILES string of the molecule is Cc1cnc(CS(=O)c2nc3ccccc3[nH]2)c(C)c1. The van der Waals surface area contributed by atoms with Crippen LogP contribution in [0, 0.1) is 13.8 Å². The van der Waals surface area contributed by atoms with E-state index in [1.807, 2.05) is 38.1 Å². The molecule has 102 valence electrons. The molecule has 0 saturated heterocycles. The fraction of sp³-hybridized carbons (Fsp3) is 0.200. The van der Waals surface area contributed by atoms with Crippen LogP contribution < -0.4 is 0 Å². The fourth-order valence-electron chi connectivity index (χ4n) is 2.12. The number of pyridine rings is 1. The Morgan fingerprint density at radius 2 is 2.05 bits per heavy atom. The van der Waals surface area contributed by atoms with Gasteiger partial charge in [0.1, 0.15) is 0 Å². The maximum Gasteiger partial charge on any atom is 0.197 e. The zero-order valence-electron chi connectivity index (χ0n) is 11.4. The average molecular weight is 285 g/mol. The summed E-state index contributed by atoms with van der Waals surface area (Å²) in [7, 11) is -1.21. The van der Waals surface area contributed by atoms with Crippen LogP contribution in [-0.4, -0.2) is 19.2 Å². The van der Waals surface area contributed by atoms with Crippen LogP contribution in [0.3, 0.4) is 0 Å². The molecule has 0 aliphatic heterocycles. The zero-order chi connectivity index (χ0) is 14.1. The minimum Gasteiger partial charge on any atom is -0.331 e. The number of aryl methyl sites for hydroxylation is 2. The number of para-hydroxylation sites is 2. The van der Waals surface area contributed by atoms with Gasteiger partial charge in [-0.05, 0) is 37.1 Å². The highest BCUT2D eigenvalue weighted by Gasteiger charge is 2.12. The minimum absolute atomic E-state index is 0.381. The number of nitrogens with zero attached hydrogens (tertiary/aromatic N) is 2. The van der Waals surface area contributed by atoms with Crippen molar-refractivity contribution in [3.05, 3.63) is 53.3 Å². The van der Waals surface area contributed by atoms with Crippen molar-refractivity contribution in [3.63, 3.8) is 0 Å². The van der Waals surface area contributed by atoms with Gasteiger partial charge in [0, 0.05) is 6.20 Å². The van der Waals surface area contributed by atoms with Gasteiger partial charge in [0.2, 0.25) is 0 Å². The van der Waals surface area contributed by atoms with Crippen molar-refractivity contribution in [1.82, 2.24) is 15.0 Å².